The molecule has 0 amide bonds. The third-order valence-electron chi connectivity index (χ3n) is 5.56. The van der Waals surface area contributed by atoms with Gasteiger partial charge < -0.3 is 14.8 Å². The van der Waals surface area contributed by atoms with Crippen molar-refractivity contribution in [1.29, 1.82) is 0 Å². The second-order valence-electron chi connectivity index (χ2n) is 7.50. The lowest BCUT2D eigenvalue weighted by Gasteiger charge is -2.18. The van der Waals surface area contributed by atoms with E-state index in [2.05, 4.69) is 22.6 Å². The maximum Gasteiger partial charge on any atom is 0.186 e. The Bertz CT molecular complexity index is 1400. The summed E-state index contributed by atoms with van der Waals surface area (Å²) in [5.74, 6) is 2.17. The third kappa shape index (κ3) is 3.37. The summed E-state index contributed by atoms with van der Waals surface area (Å²) in [6.07, 6.45) is 0. The molecule has 0 aliphatic rings. The highest BCUT2D eigenvalue weighted by atomic mass is 16.5. The van der Waals surface area contributed by atoms with Gasteiger partial charge in [-0.2, -0.15) is 4.52 Å². The predicted molar refractivity (Wildman–Crippen MR) is 125 cm³/mol. The highest BCUT2D eigenvalue weighted by Crippen LogP contribution is 2.33. The van der Waals surface area contributed by atoms with Gasteiger partial charge in [0, 0.05) is 10.9 Å². The lowest BCUT2D eigenvalue weighted by molar-refractivity contribution is 0.354. The fourth-order valence-electron chi connectivity index (χ4n) is 3.87. The molecule has 0 saturated carbocycles. The minimum Gasteiger partial charge on any atom is -0.493 e. The van der Waals surface area contributed by atoms with E-state index in [0.717, 1.165) is 33.5 Å². The van der Waals surface area contributed by atoms with E-state index in [1.165, 1.54) is 0 Å². The number of hydrogen-bond donors (Lipinski definition) is 1. The molecule has 1 atom stereocenters. The number of nitrogens with one attached hydrogen (secondary N) is 1. The summed E-state index contributed by atoms with van der Waals surface area (Å²) in [6, 6.07) is 23.9. The first-order valence-electron chi connectivity index (χ1n) is 10.4. The van der Waals surface area contributed by atoms with Crippen molar-refractivity contribution in [2.45, 2.75) is 13.0 Å². The Morgan fingerprint density at radius 3 is 2.41 bits per heavy atom. The standard InChI is InChI=1S/C25H23N5O2/c1-16(18-13-14-21(31-2)22(15-18)32-3)26-24-19-11-7-8-12-20(19)30-25(27-24)23(28-29-30)17-9-5-4-6-10-17/h4-16H,1-3H3,(H,26,27)/t16-/m0/s1. The van der Waals surface area contributed by atoms with Crippen LogP contribution in [0, 0.1) is 0 Å². The number of para-hydroxylation sites is 1. The second-order valence-corrected chi connectivity index (χ2v) is 7.50. The van der Waals surface area contributed by atoms with Crippen LogP contribution in [-0.2, 0) is 0 Å². The average Bonchev–Trinajstić information content (AvgIpc) is 3.28. The van der Waals surface area contributed by atoms with Crippen molar-refractivity contribution >= 4 is 22.4 Å². The van der Waals surface area contributed by atoms with E-state index in [4.69, 9.17) is 14.5 Å². The molecule has 0 radical (unpaired) electrons. The molecular weight excluding hydrogens is 402 g/mol. The van der Waals surface area contributed by atoms with Gasteiger partial charge in [0.15, 0.2) is 17.1 Å². The quantitative estimate of drug-likeness (QED) is 0.406. The van der Waals surface area contributed by atoms with Gasteiger partial charge in [-0.25, -0.2) is 4.98 Å². The van der Waals surface area contributed by atoms with Crippen LogP contribution >= 0.6 is 0 Å². The number of ether oxygens (including phenoxy) is 2. The molecule has 0 bridgehead atoms. The molecule has 5 aromatic rings. The molecule has 3 aromatic carbocycles. The van der Waals surface area contributed by atoms with E-state index in [1.54, 1.807) is 18.7 Å². The maximum atomic E-state index is 5.47. The molecule has 0 saturated heterocycles. The van der Waals surface area contributed by atoms with Crippen molar-refractivity contribution in [3.63, 3.8) is 0 Å². The molecule has 160 valence electrons. The van der Waals surface area contributed by atoms with Crippen LogP contribution in [-0.4, -0.2) is 34.0 Å². The fraction of sp³-hybridized carbons (Fsp3) is 0.160. The second kappa shape index (κ2) is 8.19. The first-order valence-corrected chi connectivity index (χ1v) is 10.4. The molecule has 0 aliphatic heterocycles. The predicted octanol–water partition coefficient (Wildman–Crippen LogP) is 5.13. The highest BCUT2D eigenvalue weighted by Gasteiger charge is 2.17. The lowest BCUT2D eigenvalue weighted by atomic mass is 10.1. The van der Waals surface area contributed by atoms with Crippen LogP contribution in [0.2, 0.25) is 0 Å². The van der Waals surface area contributed by atoms with Gasteiger partial charge >= 0.3 is 0 Å². The van der Waals surface area contributed by atoms with Crippen LogP contribution in [0.5, 0.6) is 11.5 Å². The highest BCUT2D eigenvalue weighted by molar-refractivity contribution is 5.93. The lowest BCUT2D eigenvalue weighted by Crippen LogP contribution is -2.10. The van der Waals surface area contributed by atoms with E-state index >= 15 is 0 Å². The average molecular weight is 425 g/mol. The molecule has 32 heavy (non-hydrogen) atoms. The van der Waals surface area contributed by atoms with Crippen molar-refractivity contribution < 1.29 is 9.47 Å². The van der Waals surface area contributed by atoms with Crippen LogP contribution in [0.15, 0.2) is 72.8 Å². The number of benzene rings is 3. The largest absolute Gasteiger partial charge is 0.493 e. The molecule has 5 rings (SSSR count). The molecule has 1 N–H and O–H groups in total. The molecule has 2 aromatic heterocycles. The summed E-state index contributed by atoms with van der Waals surface area (Å²) < 4.78 is 12.6. The van der Waals surface area contributed by atoms with Crippen LogP contribution in [0.25, 0.3) is 27.8 Å². The number of hydrogen-bond acceptors (Lipinski definition) is 6. The van der Waals surface area contributed by atoms with Gasteiger partial charge in [0.05, 0.1) is 25.8 Å². The SMILES string of the molecule is COc1ccc([C@H](C)Nc2nc3c(-c4ccccc4)nnn3c3ccccc23)cc1OC. The molecule has 0 aliphatic carbocycles. The normalized spacial score (nSPS) is 12.1. The zero-order valence-corrected chi connectivity index (χ0v) is 18.1. The minimum absolute atomic E-state index is 0.0239. The van der Waals surface area contributed by atoms with Crippen LogP contribution in [0.1, 0.15) is 18.5 Å². The summed E-state index contributed by atoms with van der Waals surface area (Å²) >= 11 is 0. The number of methoxy groups -OCH3 is 2. The van der Waals surface area contributed by atoms with Crippen molar-refractivity contribution in [2.24, 2.45) is 0 Å². The van der Waals surface area contributed by atoms with Crippen LogP contribution < -0.4 is 14.8 Å². The molecule has 2 heterocycles. The van der Waals surface area contributed by atoms with Gasteiger partial charge in [-0.05, 0) is 36.8 Å². The van der Waals surface area contributed by atoms with Crippen molar-refractivity contribution in [3.05, 3.63) is 78.4 Å². The third-order valence-corrected chi connectivity index (χ3v) is 5.56. The number of rotatable bonds is 6. The fourth-order valence-corrected chi connectivity index (χ4v) is 3.87. The van der Waals surface area contributed by atoms with Crippen LogP contribution in [0.4, 0.5) is 5.82 Å². The summed E-state index contributed by atoms with van der Waals surface area (Å²) in [5.41, 5.74) is 4.43. The Balaban J connectivity index is 1.61. The van der Waals surface area contributed by atoms with Crippen molar-refractivity contribution in [3.8, 4) is 22.8 Å². The molecule has 0 unspecified atom stereocenters. The van der Waals surface area contributed by atoms with Gasteiger partial charge in [0.2, 0.25) is 0 Å². The number of fused-ring (bicyclic) bond motifs is 3. The number of nitrogens with zero attached hydrogens (tertiary/aromatic N) is 4. The smallest absolute Gasteiger partial charge is 0.186 e. The van der Waals surface area contributed by atoms with E-state index in [9.17, 15) is 0 Å². The van der Waals surface area contributed by atoms with Crippen molar-refractivity contribution in [2.75, 3.05) is 19.5 Å². The Hall–Kier alpha value is -4.13. The monoisotopic (exact) mass is 425 g/mol. The van der Waals surface area contributed by atoms with Gasteiger partial charge in [0.25, 0.3) is 0 Å². The molecule has 0 fully saturated rings. The first-order chi connectivity index (χ1) is 15.7. The zero-order valence-electron chi connectivity index (χ0n) is 18.1. The minimum atomic E-state index is -0.0239. The Kier molecular flexibility index (Phi) is 5.07. The Morgan fingerprint density at radius 2 is 1.62 bits per heavy atom. The van der Waals surface area contributed by atoms with Gasteiger partial charge in [-0.3, -0.25) is 0 Å². The summed E-state index contributed by atoms with van der Waals surface area (Å²) in [7, 11) is 3.27. The summed E-state index contributed by atoms with van der Waals surface area (Å²) in [5, 5.41) is 13.4. The Morgan fingerprint density at radius 1 is 0.875 bits per heavy atom. The van der Waals surface area contributed by atoms with Crippen LogP contribution in [0.3, 0.4) is 0 Å². The van der Waals surface area contributed by atoms with Gasteiger partial charge in [-0.1, -0.05) is 53.7 Å². The molecule has 7 nitrogen and oxygen atoms in total. The number of anilines is 1. The maximum absolute atomic E-state index is 5.47. The summed E-state index contributed by atoms with van der Waals surface area (Å²) in [6.45, 7) is 2.09. The zero-order chi connectivity index (χ0) is 22.1. The molecule has 0 spiro atoms. The van der Waals surface area contributed by atoms with E-state index in [-0.39, 0.29) is 6.04 Å². The van der Waals surface area contributed by atoms with Crippen molar-refractivity contribution in [1.82, 2.24) is 19.8 Å². The Labute approximate surface area is 185 Å². The van der Waals surface area contributed by atoms with Gasteiger partial charge in [-0.15, -0.1) is 5.10 Å². The van der Waals surface area contributed by atoms with E-state index in [1.807, 2.05) is 72.8 Å². The topological polar surface area (TPSA) is 73.6 Å². The summed E-state index contributed by atoms with van der Waals surface area (Å²) in [4.78, 5) is 4.95. The first kappa shape index (κ1) is 19.8. The van der Waals surface area contributed by atoms with Gasteiger partial charge in [0.1, 0.15) is 11.5 Å². The molecule has 7 heteroatoms. The van der Waals surface area contributed by atoms with E-state index in [0.29, 0.717) is 17.1 Å². The van der Waals surface area contributed by atoms with E-state index < -0.39 is 0 Å². The molecular formula is C25H23N5O2. The number of aromatic nitrogens is 4.